The van der Waals surface area contributed by atoms with E-state index in [2.05, 4.69) is 27.7 Å². The first-order chi connectivity index (χ1) is 21.9. The zero-order valence-electron chi connectivity index (χ0n) is 27.6. The molecule has 248 valence electrons. The van der Waals surface area contributed by atoms with E-state index in [1.165, 1.54) is 6.92 Å². The monoisotopic (exact) mass is 634 g/mol. The third kappa shape index (κ3) is 4.49. The lowest BCUT2D eigenvalue weighted by atomic mass is 9.39. The molecule has 1 aromatic heterocycles. The van der Waals surface area contributed by atoms with Crippen LogP contribution in [0.15, 0.2) is 64.5 Å². The average Bonchev–Trinajstić information content (AvgIpc) is 3.74. The maximum atomic E-state index is 13.8. The Morgan fingerprint density at radius 1 is 1.02 bits per heavy atom. The zero-order chi connectivity index (χ0) is 32.6. The van der Waals surface area contributed by atoms with Crippen molar-refractivity contribution in [3.8, 4) is 0 Å². The smallest absolute Gasteiger partial charge is 0.338 e. The molecule has 9 heteroatoms. The van der Waals surface area contributed by atoms with Gasteiger partial charge in [-0.05, 0) is 55.5 Å². The molecule has 2 saturated carbocycles. The van der Waals surface area contributed by atoms with Crippen molar-refractivity contribution < 1.29 is 42.8 Å². The van der Waals surface area contributed by atoms with Crippen LogP contribution in [0.2, 0.25) is 0 Å². The van der Waals surface area contributed by atoms with E-state index in [1.807, 2.05) is 31.2 Å². The number of rotatable bonds is 6. The molecule has 0 amide bonds. The highest BCUT2D eigenvalue weighted by Crippen LogP contribution is 2.72. The zero-order valence-corrected chi connectivity index (χ0v) is 27.6. The molecular weight excluding hydrogens is 588 g/mol. The van der Waals surface area contributed by atoms with Gasteiger partial charge in [-0.25, -0.2) is 4.79 Å². The maximum Gasteiger partial charge on any atom is 0.338 e. The van der Waals surface area contributed by atoms with E-state index in [-0.39, 0.29) is 23.9 Å². The standard InChI is InChI=1S/C37H46O9/c1-7-42-29-16-26-36(5)28(46-34(40)22-11-9-8-10-12-22)17-27(44-21(3)38)35(4)19-43-31(32(35)36)33(39)37(26,6)30-20(2)24(15-25(30)45-29)23-13-14-41-18-23/h8-14,18,24-29,31-33,39H,7,15-17,19H2,1-6H3/t24-,25+,26?,27-,28+,29-,31+,32?,33-,35-,36+,37-/m1/s1. The van der Waals surface area contributed by atoms with Crippen molar-refractivity contribution in [3.63, 3.8) is 0 Å². The number of esters is 2. The summed E-state index contributed by atoms with van der Waals surface area (Å²) in [4.78, 5) is 26.2. The first kappa shape index (κ1) is 31.6. The van der Waals surface area contributed by atoms with Crippen LogP contribution in [0, 0.1) is 28.1 Å². The second-order valence-corrected chi connectivity index (χ2v) is 14.7. The van der Waals surface area contributed by atoms with Crippen LogP contribution in [-0.4, -0.2) is 67.1 Å². The number of furan rings is 1. The van der Waals surface area contributed by atoms with E-state index < -0.39 is 58.9 Å². The highest BCUT2D eigenvalue weighted by atomic mass is 16.7. The van der Waals surface area contributed by atoms with Gasteiger partial charge in [0.25, 0.3) is 0 Å². The Bertz CT molecular complexity index is 1500. The van der Waals surface area contributed by atoms with Crippen molar-refractivity contribution in [3.05, 3.63) is 71.2 Å². The Morgan fingerprint density at radius 2 is 1.78 bits per heavy atom. The molecule has 5 aliphatic rings. The van der Waals surface area contributed by atoms with Crippen LogP contribution in [0.25, 0.3) is 0 Å². The van der Waals surface area contributed by atoms with Gasteiger partial charge < -0.3 is 33.2 Å². The number of ether oxygens (including phenoxy) is 5. The van der Waals surface area contributed by atoms with E-state index in [0.717, 1.165) is 16.7 Å². The molecule has 0 bridgehead atoms. The first-order valence-electron chi connectivity index (χ1n) is 16.7. The van der Waals surface area contributed by atoms with Crippen LogP contribution >= 0.6 is 0 Å². The summed E-state index contributed by atoms with van der Waals surface area (Å²) in [5, 5.41) is 12.7. The largest absolute Gasteiger partial charge is 0.472 e. The number of carbonyl (C=O) groups is 2. The van der Waals surface area contributed by atoms with Crippen molar-refractivity contribution in [2.45, 2.75) is 104 Å². The van der Waals surface area contributed by atoms with Crippen LogP contribution in [0.3, 0.4) is 0 Å². The molecule has 3 heterocycles. The molecule has 9 nitrogen and oxygen atoms in total. The number of aliphatic hydroxyl groups excluding tert-OH is 1. The molecule has 1 aromatic carbocycles. The number of carbonyl (C=O) groups excluding carboxylic acids is 2. The fraction of sp³-hybridized carbons (Fsp3) is 0.622. The van der Waals surface area contributed by atoms with Gasteiger partial charge in [0, 0.05) is 54.5 Å². The van der Waals surface area contributed by atoms with E-state index in [0.29, 0.717) is 38.0 Å². The number of allylic oxidation sites excluding steroid dienone is 1. The third-order valence-corrected chi connectivity index (χ3v) is 12.5. The van der Waals surface area contributed by atoms with Gasteiger partial charge in [0.05, 0.1) is 43.0 Å². The Morgan fingerprint density at radius 3 is 2.46 bits per heavy atom. The van der Waals surface area contributed by atoms with E-state index in [1.54, 1.807) is 24.7 Å². The third-order valence-electron chi connectivity index (χ3n) is 12.5. The van der Waals surface area contributed by atoms with Crippen molar-refractivity contribution in [1.29, 1.82) is 0 Å². The first-order valence-corrected chi connectivity index (χ1v) is 16.7. The summed E-state index contributed by atoms with van der Waals surface area (Å²) < 4.78 is 37.8. The lowest BCUT2D eigenvalue weighted by molar-refractivity contribution is -0.255. The highest BCUT2D eigenvalue weighted by molar-refractivity contribution is 5.89. The summed E-state index contributed by atoms with van der Waals surface area (Å²) in [6.45, 7) is 12.7. The van der Waals surface area contributed by atoms with Gasteiger partial charge in [0.15, 0.2) is 6.29 Å². The summed E-state index contributed by atoms with van der Waals surface area (Å²) in [7, 11) is 0. The predicted molar refractivity (Wildman–Crippen MR) is 167 cm³/mol. The van der Waals surface area contributed by atoms with Gasteiger partial charge in [0.1, 0.15) is 12.2 Å². The molecule has 7 rings (SSSR count). The number of benzene rings is 1. The van der Waals surface area contributed by atoms with Crippen LogP contribution < -0.4 is 0 Å². The summed E-state index contributed by atoms with van der Waals surface area (Å²) in [5.74, 6) is -1.28. The van der Waals surface area contributed by atoms with E-state index >= 15 is 0 Å². The van der Waals surface area contributed by atoms with Gasteiger partial charge in [-0.2, -0.15) is 0 Å². The molecule has 2 saturated heterocycles. The molecule has 46 heavy (non-hydrogen) atoms. The molecule has 1 N–H and O–H groups in total. The molecule has 2 aromatic rings. The van der Waals surface area contributed by atoms with E-state index in [9.17, 15) is 14.7 Å². The number of aliphatic hydroxyl groups is 1. The minimum absolute atomic E-state index is 0.0653. The Labute approximate surface area is 270 Å². The molecule has 0 spiro atoms. The Balaban J connectivity index is 1.41. The number of hydrogen-bond acceptors (Lipinski definition) is 9. The van der Waals surface area contributed by atoms with Crippen LogP contribution in [0.1, 0.15) is 82.6 Å². The summed E-state index contributed by atoms with van der Waals surface area (Å²) in [6, 6.07) is 11.0. The lowest BCUT2D eigenvalue weighted by Gasteiger charge is -2.66. The number of hydrogen-bond donors (Lipinski definition) is 1. The van der Waals surface area contributed by atoms with Crippen LogP contribution in [0.5, 0.6) is 0 Å². The normalized spacial score (nSPS) is 42.9. The molecule has 4 fully saturated rings. The van der Waals surface area contributed by atoms with Crippen molar-refractivity contribution in [2.24, 2.45) is 28.1 Å². The van der Waals surface area contributed by atoms with Gasteiger partial charge in [-0.15, -0.1) is 0 Å². The second kappa shape index (κ2) is 11.3. The van der Waals surface area contributed by atoms with Crippen LogP contribution in [0.4, 0.5) is 0 Å². The number of fused-ring (bicyclic) bond motifs is 4. The molecule has 2 unspecified atom stereocenters. The molecule has 0 radical (unpaired) electrons. The summed E-state index contributed by atoms with van der Waals surface area (Å²) in [5.41, 5.74) is 1.64. The van der Waals surface area contributed by atoms with Gasteiger partial charge in [-0.3, -0.25) is 4.79 Å². The van der Waals surface area contributed by atoms with Gasteiger partial charge >= 0.3 is 11.9 Å². The molecule has 3 aliphatic carbocycles. The SMILES string of the molecule is CCO[C@H]1CC2[C@]3(C)C4[C@H](OC[C@]4(C)[C@H](OC(C)=O)C[C@@H]3OC(=O)c3ccccc3)[C@@H](O)[C@@]2(C)C2=C(C)[C@H](c3ccoc3)C[C@@H]2O1. The lowest BCUT2D eigenvalue weighted by Crippen LogP contribution is -2.71. The Hall–Kier alpha value is -2.98. The Kier molecular flexibility index (Phi) is 7.78. The molecule has 2 aliphatic heterocycles. The summed E-state index contributed by atoms with van der Waals surface area (Å²) in [6.07, 6.45) is 1.52. The van der Waals surface area contributed by atoms with Crippen LogP contribution in [-0.2, 0) is 28.5 Å². The predicted octanol–water partition coefficient (Wildman–Crippen LogP) is 5.82. The minimum Gasteiger partial charge on any atom is -0.472 e. The average molecular weight is 635 g/mol. The van der Waals surface area contributed by atoms with Gasteiger partial charge in [0.2, 0.25) is 0 Å². The van der Waals surface area contributed by atoms with E-state index in [4.69, 9.17) is 28.1 Å². The van der Waals surface area contributed by atoms with Gasteiger partial charge in [-0.1, -0.05) is 44.5 Å². The second-order valence-electron chi connectivity index (χ2n) is 14.7. The van der Waals surface area contributed by atoms with Crippen molar-refractivity contribution >= 4 is 11.9 Å². The minimum atomic E-state index is -0.890. The molecular formula is C37H46O9. The summed E-state index contributed by atoms with van der Waals surface area (Å²) >= 11 is 0. The quantitative estimate of drug-likeness (QED) is 0.310. The highest BCUT2D eigenvalue weighted by Gasteiger charge is 2.76. The fourth-order valence-corrected chi connectivity index (χ4v) is 10.6. The fourth-order valence-electron chi connectivity index (χ4n) is 10.6. The van der Waals surface area contributed by atoms with Crippen molar-refractivity contribution in [1.82, 2.24) is 0 Å². The molecule has 12 atom stereocenters. The maximum absolute atomic E-state index is 13.8. The van der Waals surface area contributed by atoms with Crippen molar-refractivity contribution in [2.75, 3.05) is 13.2 Å². The topological polar surface area (TPSA) is 114 Å².